The van der Waals surface area contributed by atoms with Gasteiger partial charge in [-0.1, -0.05) is 42.1 Å². The van der Waals surface area contributed by atoms with Gasteiger partial charge in [0, 0.05) is 5.56 Å². The molecule has 64 valence electrons. The largest absolute Gasteiger partial charge is 0.359 e. The van der Waals surface area contributed by atoms with E-state index in [1.807, 2.05) is 6.07 Å². The lowest BCUT2D eigenvalue weighted by molar-refractivity contribution is 0.107. The van der Waals surface area contributed by atoms with Crippen LogP contribution in [-0.2, 0) is 11.8 Å². The smallest absolute Gasteiger partial charge is 0.218 e. The highest BCUT2D eigenvalue weighted by molar-refractivity contribution is 8.19. The van der Waals surface area contributed by atoms with E-state index in [0.717, 1.165) is 0 Å². The minimum absolute atomic E-state index is 0.321. The van der Waals surface area contributed by atoms with Crippen LogP contribution in [0.5, 0.6) is 0 Å². The molecule has 1 aromatic rings. The zero-order chi connectivity index (χ0) is 9.19. The van der Waals surface area contributed by atoms with Gasteiger partial charge in [-0.25, -0.2) is 0 Å². The van der Waals surface area contributed by atoms with Crippen LogP contribution in [0, 0.1) is 0 Å². The zero-order valence-electron chi connectivity index (χ0n) is 6.60. The predicted molar refractivity (Wildman–Crippen MR) is 53.2 cm³/mol. The molecule has 0 aliphatic carbocycles. The van der Waals surface area contributed by atoms with E-state index in [1.54, 1.807) is 24.3 Å². The van der Waals surface area contributed by atoms with Crippen molar-refractivity contribution in [3.05, 3.63) is 35.9 Å². The molecule has 0 heterocycles. The van der Waals surface area contributed by atoms with Gasteiger partial charge in [-0.3, -0.25) is 4.79 Å². The van der Waals surface area contributed by atoms with E-state index in [4.69, 9.17) is 11.8 Å². The van der Waals surface area contributed by atoms with Crippen molar-refractivity contribution in [3.63, 3.8) is 0 Å². The van der Waals surface area contributed by atoms with Crippen molar-refractivity contribution in [2.45, 2.75) is 0 Å². The fourth-order valence-corrected chi connectivity index (χ4v) is 1.76. The molecule has 0 radical (unpaired) electrons. The molecule has 0 amide bonds. The van der Waals surface area contributed by atoms with Crippen LogP contribution < -0.4 is 0 Å². The normalized spacial score (nSPS) is 15.2. The molecule has 0 aromatic heterocycles. The van der Waals surface area contributed by atoms with Gasteiger partial charge in [0.1, 0.15) is 6.26 Å². The second-order valence-corrected chi connectivity index (χ2v) is 6.85. The summed E-state index contributed by atoms with van der Waals surface area (Å²) in [4.78, 5) is 20.7. The molecule has 1 unspecified atom stereocenters. The van der Waals surface area contributed by atoms with Crippen molar-refractivity contribution in [1.82, 2.24) is 0 Å². The molecule has 0 bridgehead atoms. The molecule has 4 heteroatoms. The Bertz CT molecular complexity index is 328. The Morgan fingerprint density at radius 2 is 1.92 bits per heavy atom. The Morgan fingerprint density at radius 1 is 1.42 bits per heavy atom. The van der Waals surface area contributed by atoms with Crippen molar-refractivity contribution in [2.75, 3.05) is 6.66 Å². The van der Waals surface area contributed by atoms with Crippen molar-refractivity contribution >= 4 is 23.6 Å². The van der Waals surface area contributed by atoms with Crippen LogP contribution in [0.15, 0.2) is 30.3 Å². The highest BCUT2D eigenvalue weighted by atomic mass is 32.4. The molecule has 2 nitrogen and oxygen atoms in total. The van der Waals surface area contributed by atoms with Gasteiger partial charge in [-0.2, -0.15) is 0 Å². The summed E-state index contributed by atoms with van der Waals surface area (Å²) in [5.41, 5.74) is 0.170. The maximum atomic E-state index is 11.4. The van der Waals surface area contributed by atoms with E-state index < -0.39 is 6.26 Å². The van der Waals surface area contributed by atoms with Crippen LogP contribution in [-0.4, -0.2) is 17.1 Å². The van der Waals surface area contributed by atoms with Crippen LogP contribution >= 0.6 is 6.26 Å². The van der Waals surface area contributed by atoms with Gasteiger partial charge in [0.2, 0.25) is 5.52 Å². The number of hydrogen-bond acceptors (Lipinski definition) is 2. The molecule has 1 rings (SSSR count). The quantitative estimate of drug-likeness (QED) is 0.740. The molecule has 0 aliphatic rings. The fraction of sp³-hybridized carbons (Fsp3) is 0.125. The molecule has 1 atom stereocenters. The van der Waals surface area contributed by atoms with Gasteiger partial charge in [-0.15, -0.1) is 0 Å². The Labute approximate surface area is 76.3 Å². The van der Waals surface area contributed by atoms with Gasteiger partial charge < -0.3 is 4.89 Å². The molecule has 0 saturated carbocycles. The SMILES string of the molecule is CP(O)(=S)C(=O)c1ccccc1. The fourth-order valence-electron chi connectivity index (χ4n) is 0.820. The summed E-state index contributed by atoms with van der Waals surface area (Å²) < 4.78 is 0. The Hall–Kier alpha value is -0.500. The Balaban J connectivity index is 3.03. The topological polar surface area (TPSA) is 37.3 Å². The summed E-state index contributed by atoms with van der Waals surface area (Å²) in [7, 11) is 0. The first-order chi connectivity index (χ1) is 5.52. The summed E-state index contributed by atoms with van der Waals surface area (Å²) in [6.45, 7) is 1.41. The van der Waals surface area contributed by atoms with Crippen LogP contribution in [0.2, 0.25) is 0 Å². The average Bonchev–Trinajstić information content (AvgIpc) is 2.03. The number of hydrogen-bond donors (Lipinski definition) is 1. The molecule has 12 heavy (non-hydrogen) atoms. The molecule has 1 N–H and O–H groups in total. The van der Waals surface area contributed by atoms with E-state index in [2.05, 4.69) is 0 Å². The zero-order valence-corrected chi connectivity index (χ0v) is 8.31. The molecule has 0 fully saturated rings. The first kappa shape index (κ1) is 9.59. The maximum absolute atomic E-state index is 11.4. The number of carbonyl (C=O) groups is 1. The number of benzene rings is 1. The molecule has 0 saturated heterocycles. The Kier molecular flexibility index (Phi) is 2.78. The van der Waals surface area contributed by atoms with Gasteiger partial charge in [0.05, 0.1) is 0 Å². The second kappa shape index (κ2) is 3.48. The molecule has 0 aliphatic heterocycles. The third-order valence-corrected chi connectivity index (χ3v) is 2.91. The lowest BCUT2D eigenvalue weighted by atomic mass is 10.2. The van der Waals surface area contributed by atoms with E-state index >= 15 is 0 Å². The third-order valence-electron chi connectivity index (χ3n) is 1.40. The van der Waals surface area contributed by atoms with Crippen LogP contribution in [0.1, 0.15) is 10.4 Å². The standard InChI is InChI=1S/C8H9O2PS/c1-11(10,12)8(9)7-5-3-2-4-6-7/h2-6H,1H3,(H,10,12). The van der Waals surface area contributed by atoms with Gasteiger partial charge >= 0.3 is 0 Å². The first-order valence-electron chi connectivity index (χ1n) is 3.42. The molecule has 0 spiro atoms. The Morgan fingerprint density at radius 3 is 2.33 bits per heavy atom. The van der Waals surface area contributed by atoms with Crippen LogP contribution in [0.3, 0.4) is 0 Å². The molecular weight excluding hydrogens is 191 g/mol. The van der Waals surface area contributed by atoms with Crippen LogP contribution in [0.4, 0.5) is 0 Å². The van der Waals surface area contributed by atoms with Crippen molar-refractivity contribution in [1.29, 1.82) is 0 Å². The highest BCUT2D eigenvalue weighted by Crippen LogP contribution is 2.39. The summed E-state index contributed by atoms with van der Waals surface area (Å²) in [6.07, 6.45) is -2.78. The van der Waals surface area contributed by atoms with E-state index in [9.17, 15) is 9.69 Å². The minimum atomic E-state index is -2.78. The minimum Gasteiger partial charge on any atom is -0.359 e. The second-order valence-electron chi connectivity index (χ2n) is 2.55. The summed E-state index contributed by atoms with van der Waals surface area (Å²) in [5.74, 6) is 0. The van der Waals surface area contributed by atoms with E-state index in [0.29, 0.717) is 5.56 Å². The first-order valence-corrected chi connectivity index (χ1v) is 6.62. The van der Waals surface area contributed by atoms with Gasteiger partial charge in [0.25, 0.3) is 0 Å². The van der Waals surface area contributed by atoms with Crippen molar-refractivity contribution in [3.8, 4) is 0 Å². The summed E-state index contributed by atoms with van der Waals surface area (Å²) >= 11 is 4.71. The predicted octanol–water partition coefficient (Wildman–Crippen LogP) is 1.84. The summed E-state index contributed by atoms with van der Waals surface area (Å²) in [5, 5.41) is 0. The molecule has 1 aromatic carbocycles. The number of carbonyl (C=O) groups excluding carboxylic acids is 1. The summed E-state index contributed by atoms with van der Waals surface area (Å²) in [6, 6.07) is 8.62. The monoisotopic (exact) mass is 200 g/mol. The van der Waals surface area contributed by atoms with Crippen molar-refractivity contribution in [2.24, 2.45) is 0 Å². The average molecular weight is 200 g/mol. The van der Waals surface area contributed by atoms with Gasteiger partial charge in [0.15, 0.2) is 0 Å². The highest BCUT2D eigenvalue weighted by Gasteiger charge is 2.18. The lowest BCUT2D eigenvalue weighted by Gasteiger charge is -2.06. The van der Waals surface area contributed by atoms with E-state index in [1.165, 1.54) is 6.66 Å². The molecular formula is C8H9O2PS. The third kappa shape index (κ3) is 2.24. The van der Waals surface area contributed by atoms with Gasteiger partial charge in [-0.05, 0) is 6.66 Å². The lowest BCUT2D eigenvalue weighted by Crippen LogP contribution is -1.97. The maximum Gasteiger partial charge on any atom is 0.218 e. The van der Waals surface area contributed by atoms with Crippen LogP contribution in [0.25, 0.3) is 0 Å². The van der Waals surface area contributed by atoms with E-state index in [-0.39, 0.29) is 5.52 Å². The number of rotatable bonds is 2. The van der Waals surface area contributed by atoms with Crippen molar-refractivity contribution < 1.29 is 9.69 Å².